The Balaban J connectivity index is 2.43. The van der Waals surface area contributed by atoms with Crippen LogP contribution in [0, 0.1) is 0 Å². The fourth-order valence-electron chi connectivity index (χ4n) is 3.71. The van der Waals surface area contributed by atoms with Gasteiger partial charge in [0.2, 0.25) is 0 Å². The molecule has 0 aliphatic heterocycles. The van der Waals surface area contributed by atoms with Crippen LogP contribution in [0.1, 0.15) is 26.3 Å². The van der Waals surface area contributed by atoms with Crippen LogP contribution in [0.5, 0.6) is 28.7 Å². The molecule has 1 N–H and O–H groups in total. The Kier molecular flexibility index (Phi) is 7.20. The lowest BCUT2D eigenvalue weighted by Crippen LogP contribution is -2.26. The second-order valence-electron chi connectivity index (χ2n) is 8.31. The summed E-state index contributed by atoms with van der Waals surface area (Å²) in [6, 6.07) is 17.5. The average molecular weight is 455 g/mol. The van der Waals surface area contributed by atoms with E-state index in [0.29, 0.717) is 17.2 Å². The van der Waals surface area contributed by atoms with Crippen LogP contribution in [-0.4, -0.2) is 33.5 Å². The number of phenols is 1. The first-order valence-electron chi connectivity index (χ1n) is 10.3. The molecule has 1 unspecified atom stereocenters. The van der Waals surface area contributed by atoms with Crippen molar-refractivity contribution in [3.63, 3.8) is 0 Å². The molecule has 3 aromatic rings. The fourth-order valence-corrected chi connectivity index (χ4v) is 6.39. The second-order valence-corrected chi connectivity index (χ2v) is 10.4. The molecule has 0 amide bonds. The van der Waals surface area contributed by atoms with Gasteiger partial charge in [0.15, 0.2) is 0 Å². The van der Waals surface area contributed by atoms with Crippen molar-refractivity contribution in [2.24, 2.45) is 0 Å². The van der Waals surface area contributed by atoms with Gasteiger partial charge in [-0.2, -0.15) is 0 Å². The van der Waals surface area contributed by atoms with Crippen LogP contribution in [0.25, 0.3) is 0 Å². The van der Waals surface area contributed by atoms with Crippen LogP contribution in [0.2, 0.25) is 0 Å². The van der Waals surface area contributed by atoms with Crippen molar-refractivity contribution in [3.8, 4) is 28.7 Å². The van der Waals surface area contributed by atoms with Crippen LogP contribution in [0.15, 0.2) is 54.6 Å². The summed E-state index contributed by atoms with van der Waals surface area (Å²) in [4.78, 5) is 0. The molecule has 1 atom stereocenters. The van der Waals surface area contributed by atoms with E-state index in [1.165, 1.54) is 0 Å². The highest BCUT2D eigenvalue weighted by atomic mass is 31.1. The summed E-state index contributed by atoms with van der Waals surface area (Å²) in [5, 5.41) is 14.1. The first kappa shape index (κ1) is 23.7. The largest absolute Gasteiger partial charge is 0.507 e. The maximum absolute atomic E-state index is 11.5. The fraction of sp³-hybridized carbons (Fsp3) is 0.308. The Morgan fingerprint density at radius 2 is 1.25 bits per heavy atom. The Bertz CT molecular complexity index is 1060. The lowest BCUT2D eigenvalue weighted by atomic mass is 9.86. The predicted octanol–water partition coefficient (Wildman–Crippen LogP) is 4.48. The second kappa shape index (κ2) is 9.70. The molecule has 3 aromatic carbocycles. The summed E-state index contributed by atoms with van der Waals surface area (Å²) in [5.41, 5.74) is 0.652. The summed E-state index contributed by atoms with van der Waals surface area (Å²) in [7, 11) is 5.20. The minimum Gasteiger partial charge on any atom is -0.507 e. The van der Waals surface area contributed by atoms with Crippen molar-refractivity contribution in [1.82, 2.24) is 0 Å². The van der Waals surface area contributed by atoms with Gasteiger partial charge in [-0.15, -0.1) is 0 Å². The van der Waals surface area contributed by atoms with Gasteiger partial charge in [0.1, 0.15) is 28.7 Å². The van der Waals surface area contributed by atoms with Crippen molar-refractivity contribution >= 4 is 23.8 Å². The van der Waals surface area contributed by atoms with Gasteiger partial charge >= 0.3 is 0 Å². The Hall–Kier alpha value is -2.91. The summed E-state index contributed by atoms with van der Waals surface area (Å²) in [6.45, 7) is 6.27. The van der Waals surface area contributed by atoms with E-state index in [0.717, 1.165) is 27.2 Å². The van der Waals surface area contributed by atoms with Crippen LogP contribution in [0.3, 0.4) is 0 Å². The number of para-hydroxylation sites is 2. The van der Waals surface area contributed by atoms with Crippen molar-refractivity contribution in [2.45, 2.75) is 26.2 Å². The molecule has 32 heavy (non-hydrogen) atoms. The normalized spacial score (nSPS) is 12.2. The third-order valence-corrected chi connectivity index (χ3v) is 7.88. The average Bonchev–Trinajstić information content (AvgIpc) is 2.79. The number of aromatic hydroxyl groups is 1. The quantitative estimate of drug-likeness (QED) is 0.534. The lowest BCUT2D eigenvalue weighted by Gasteiger charge is -2.28. The molecule has 5 nitrogen and oxygen atoms in total. The molecule has 0 bridgehead atoms. The van der Waals surface area contributed by atoms with E-state index in [9.17, 15) is 5.11 Å². The van der Waals surface area contributed by atoms with Crippen molar-refractivity contribution in [2.75, 3.05) is 28.4 Å². The molecule has 0 heterocycles. The minimum absolute atomic E-state index is 0.226. The lowest BCUT2D eigenvalue weighted by molar-refractivity contribution is 0.380. The third-order valence-electron chi connectivity index (χ3n) is 5.30. The molecule has 0 radical (unpaired) electrons. The van der Waals surface area contributed by atoms with E-state index in [1.807, 2.05) is 54.6 Å². The highest BCUT2D eigenvalue weighted by Crippen LogP contribution is 2.47. The number of ether oxygens (including phenoxy) is 4. The van der Waals surface area contributed by atoms with Crippen LogP contribution >= 0.6 is 7.92 Å². The SMILES string of the molecule is COc1cc(OC)c(P(c2ccccc2OC)c2cccc(C(C)(C)C)c2O)c(OC)c1. The zero-order valence-corrected chi connectivity index (χ0v) is 20.6. The van der Waals surface area contributed by atoms with E-state index in [2.05, 4.69) is 20.8 Å². The highest BCUT2D eigenvalue weighted by Gasteiger charge is 2.31. The molecular weight excluding hydrogens is 423 g/mol. The first-order valence-corrected chi connectivity index (χ1v) is 11.7. The van der Waals surface area contributed by atoms with E-state index >= 15 is 0 Å². The summed E-state index contributed by atoms with van der Waals surface area (Å²) < 4.78 is 22.8. The predicted molar refractivity (Wildman–Crippen MR) is 132 cm³/mol. The number of rotatable bonds is 7. The van der Waals surface area contributed by atoms with Gasteiger partial charge in [-0.05, 0) is 17.0 Å². The molecule has 0 saturated carbocycles. The number of benzene rings is 3. The minimum atomic E-state index is -1.31. The molecule has 0 aliphatic rings. The van der Waals surface area contributed by atoms with Crippen molar-refractivity contribution in [1.29, 1.82) is 0 Å². The molecule has 6 heteroatoms. The van der Waals surface area contributed by atoms with E-state index in [4.69, 9.17) is 18.9 Å². The van der Waals surface area contributed by atoms with Gasteiger partial charge < -0.3 is 24.1 Å². The third kappa shape index (κ3) is 4.49. The van der Waals surface area contributed by atoms with Gasteiger partial charge in [0.25, 0.3) is 0 Å². The number of hydrogen-bond donors (Lipinski definition) is 1. The van der Waals surface area contributed by atoms with Crippen molar-refractivity contribution in [3.05, 3.63) is 60.2 Å². The Morgan fingerprint density at radius 3 is 1.78 bits per heavy atom. The smallest absolute Gasteiger partial charge is 0.134 e. The van der Waals surface area contributed by atoms with Gasteiger partial charge in [-0.25, -0.2) is 0 Å². The standard InChI is InChI=1S/C26H31O5P/c1-26(2,3)18-11-10-14-23(24(18)27)32(22-13-9-8-12-19(22)29-5)25-20(30-6)15-17(28-4)16-21(25)31-7/h8-16,27H,1-7H3. The summed E-state index contributed by atoms with van der Waals surface area (Å²) in [5.74, 6) is 2.89. The maximum atomic E-state index is 11.5. The zero-order chi connectivity index (χ0) is 23.5. The number of methoxy groups -OCH3 is 4. The molecule has 0 aliphatic carbocycles. The summed E-state index contributed by atoms with van der Waals surface area (Å²) in [6.07, 6.45) is 0. The zero-order valence-electron chi connectivity index (χ0n) is 19.7. The molecule has 0 aromatic heterocycles. The van der Waals surface area contributed by atoms with E-state index in [1.54, 1.807) is 28.4 Å². The molecule has 0 fully saturated rings. The van der Waals surface area contributed by atoms with Crippen LogP contribution < -0.4 is 34.9 Å². The van der Waals surface area contributed by atoms with Gasteiger partial charge in [0.05, 0.1) is 33.7 Å². The summed E-state index contributed by atoms with van der Waals surface area (Å²) >= 11 is 0. The highest BCUT2D eigenvalue weighted by molar-refractivity contribution is 7.80. The molecule has 0 saturated heterocycles. The Labute approximate surface area is 191 Å². The van der Waals surface area contributed by atoms with Gasteiger partial charge in [-0.3, -0.25) is 0 Å². The first-order chi connectivity index (χ1) is 15.3. The van der Waals surface area contributed by atoms with Gasteiger partial charge in [-0.1, -0.05) is 57.2 Å². The molecule has 0 spiro atoms. The van der Waals surface area contributed by atoms with Crippen LogP contribution in [-0.2, 0) is 5.41 Å². The Morgan fingerprint density at radius 1 is 0.688 bits per heavy atom. The van der Waals surface area contributed by atoms with E-state index < -0.39 is 7.92 Å². The van der Waals surface area contributed by atoms with Gasteiger partial charge in [0, 0.05) is 30.7 Å². The topological polar surface area (TPSA) is 57.2 Å². The van der Waals surface area contributed by atoms with E-state index in [-0.39, 0.29) is 11.2 Å². The van der Waals surface area contributed by atoms with Crippen LogP contribution in [0.4, 0.5) is 0 Å². The molecule has 3 rings (SSSR count). The number of phenolic OH excluding ortho intramolecular Hbond substituents is 1. The monoisotopic (exact) mass is 454 g/mol. The van der Waals surface area contributed by atoms with Crippen molar-refractivity contribution < 1.29 is 24.1 Å². The maximum Gasteiger partial charge on any atom is 0.134 e. The number of hydrogen-bond acceptors (Lipinski definition) is 5. The molecular formula is C26H31O5P. The molecule has 170 valence electrons.